The topological polar surface area (TPSA) is 76.7 Å². The summed E-state index contributed by atoms with van der Waals surface area (Å²) in [4.78, 5) is 23.8. The van der Waals surface area contributed by atoms with Gasteiger partial charge in [0, 0.05) is 19.3 Å². The molecule has 0 spiro atoms. The number of ether oxygens (including phenoxy) is 2. The van der Waals surface area contributed by atoms with Gasteiger partial charge in [0.05, 0.1) is 13.2 Å². The molecule has 2 rings (SSSR count). The third-order valence-electron chi connectivity index (χ3n) is 3.49. The molecule has 0 bridgehead atoms. The smallest absolute Gasteiger partial charge is 0.313 e. The standard InChI is InChI=1S/C18H19FN2O4/c1-24-15-8-3-5-12(9-15)16(25-2)11-20-17(22)18(23)21-14-7-4-6-13(19)10-14/h3-10,16H,11H2,1-2H3,(H,20,22)(H,21,23)/t16-/m0/s1. The maximum Gasteiger partial charge on any atom is 0.313 e. The highest BCUT2D eigenvalue weighted by molar-refractivity contribution is 6.39. The van der Waals surface area contributed by atoms with Crippen molar-refractivity contribution in [3.8, 4) is 5.75 Å². The van der Waals surface area contributed by atoms with Crippen LogP contribution >= 0.6 is 0 Å². The lowest BCUT2D eigenvalue weighted by Crippen LogP contribution is -2.38. The van der Waals surface area contributed by atoms with E-state index in [2.05, 4.69) is 10.6 Å². The number of methoxy groups -OCH3 is 2. The Morgan fingerprint density at radius 2 is 1.84 bits per heavy atom. The Balaban J connectivity index is 1.93. The zero-order chi connectivity index (χ0) is 18.2. The number of rotatable bonds is 6. The maximum atomic E-state index is 13.1. The number of hydrogen-bond acceptors (Lipinski definition) is 4. The van der Waals surface area contributed by atoms with Gasteiger partial charge < -0.3 is 20.1 Å². The van der Waals surface area contributed by atoms with Gasteiger partial charge in [-0.2, -0.15) is 0 Å². The predicted molar refractivity (Wildman–Crippen MR) is 90.8 cm³/mol. The van der Waals surface area contributed by atoms with Crippen LogP contribution in [0.25, 0.3) is 0 Å². The zero-order valence-corrected chi connectivity index (χ0v) is 13.9. The lowest BCUT2D eigenvalue weighted by molar-refractivity contribution is -0.136. The molecule has 25 heavy (non-hydrogen) atoms. The van der Waals surface area contributed by atoms with E-state index in [9.17, 15) is 14.0 Å². The number of carbonyl (C=O) groups is 2. The Bertz CT molecular complexity index is 751. The number of nitrogens with one attached hydrogen (secondary N) is 2. The quantitative estimate of drug-likeness (QED) is 0.787. The fourth-order valence-corrected chi connectivity index (χ4v) is 2.20. The van der Waals surface area contributed by atoms with E-state index in [4.69, 9.17) is 9.47 Å². The van der Waals surface area contributed by atoms with Crippen molar-refractivity contribution in [2.75, 3.05) is 26.1 Å². The molecule has 2 amide bonds. The van der Waals surface area contributed by atoms with Crippen LogP contribution in [0, 0.1) is 5.82 Å². The molecule has 0 radical (unpaired) electrons. The highest BCUT2D eigenvalue weighted by Crippen LogP contribution is 2.21. The van der Waals surface area contributed by atoms with Crippen molar-refractivity contribution >= 4 is 17.5 Å². The minimum atomic E-state index is -0.883. The highest BCUT2D eigenvalue weighted by Gasteiger charge is 2.17. The SMILES string of the molecule is COc1cccc([C@H](CNC(=O)C(=O)Nc2cccc(F)c2)OC)c1. The average Bonchev–Trinajstić information content (AvgIpc) is 2.62. The van der Waals surface area contributed by atoms with Gasteiger partial charge in [0.15, 0.2) is 0 Å². The van der Waals surface area contributed by atoms with Gasteiger partial charge in [-0.15, -0.1) is 0 Å². The van der Waals surface area contributed by atoms with E-state index in [1.807, 2.05) is 6.07 Å². The third kappa shape index (κ3) is 5.29. The van der Waals surface area contributed by atoms with E-state index in [0.29, 0.717) is 5.75 Å². The Hall–Kier alpha value is -2.93. The molecule has 0 heterocycles. The first kappa shape index (κ1) is 18.4. The molecule has 6 nitrogen and oxygen atoms in total. The van der Waals surface area contributed by atoms with Crippen molar-refractivity contribution in [1.82, 2.24) is 5.32 Å². The Kier molecular flexibility index (Phi) is 6.47. The number of carbonyl (C=O) groups excluding carboxylic acids is 2. The van der Waals surface area contributed by atoms with Crippen molar-refractivity contribution in [3.05, 3.63) is 59.9 Å². The number of amides is 2. The van der Waals surface area contributed by atoms with E-state index in [-0.39, 0.29) is 12.2 Å². The van der Waals surface area contributed by atoms with Crippen molar-refractivity contribution in [3.63, 3.8) is 0 Å². The number of benzene rings is 2. The first-order valence-electron chi connectivity index (χ1n) is 7.55. The molecule has 0 unspecified atom stereocenters. The molecule has 1 atom stereocenters. The van der Waals surface area contributed by atoms with Crippen molar-refractivity contribution < 1.29 is 23.5 Å². The van der Waals surface area contributed by atoms with Crippen LogP contribution in [0.2, 0.25) is 0 Å². The van der Waals surface area contributed by atoms with Crippen LogP contribution in [0.5, 0.6) is 5.75 Å². The van der Waals surface area contributed by atoms with Crippen LogP contribution in [0.1, 0.15) is 11.7 Å². The van der Waals surface area contributed by atoms with Gasteiger partial charge in [-0.3, -0.25) is 9.59 Å². The molecule has 0 saturated heterocycles. The molecule has 132 valence electrons. The fraction of sp³-hybridized carbons (Fsp3) is 0.222. The van der Waals surface area contributed by atoms with E-state index >= 15 is 0 Å². The summed E-state index contributed by atoms with van der Waals surface area (Å²) in [6.07, 6.45) is -0.444. The van der Waals surface area contributed by atoms with Gasteiger partial charge in [-0.1, -0.05) is 18.2 Å². The minimum absolute atomic E-state index is 0.0963. The third-order valence-corrected chi connectivity index (χ3v) is 3.49. The molecular weight excluding hydrogens is 327 g/mol. The second-order valence-electron chi connectivity index (χ2n) is 5.18. The number of hydrogen-bond donors (Lipinski definition) is 2. The van der Waals surface area contributed by atoms with Crippen LogP contribution < -0.4 is 15.4 Å². The average molecular weight is 346 g/mol. The highest BCUT2D eigenvalue weighted by atomic mass is 19.1. The van der Waals surface area contributed by atoms with Gasteiger partial charge in [0.25, 0.3) is 0 Å². The summed E-state index contributed by atoms with van der Waals surface area (Å²) in [5.41, 5.74) is 1.00. The van der Waals surface area contributed by atoms with Crippen molar-refractivity contribution in [2.24, 2.45) is 0 Å². The van der Waals surface area contributed by atoms with E-state index in [0.717, 1.165) is 11.6 Å². The second kappa shape index (κ2) is 8.79. The van der Waals surface area contributed by atoms with Gasteiger partial charge in [0.1, 0.15) is 11.6 Å². The molecule has 2 N–H and O–H groups in total. The molecule has 0 saturated carbocycles. The summed E-state index contributed by atoms with van der Waals surface area (Å²) < 4.78 is 23.6. The summed E-state index contributed by atoms with van der Waals surface area (Å²) in [5.74, 6) is -1.56. The van der Waals surface area contributed by atoms with E-state index < -0.39 is 23.7 Å². The molecular formula is C18H19FN2O4. The largest absolute Gasteiger partial charge is 0.497 e. The van der Waals surface area contributed by atoms with Gasteiger partial charge in [0.2, 0.25) is 0 Å². The molecule has 2 aromatic rings. The van der Waals surface area contributed by atoms with Gasteiger partial charge >= 0.3 is 11.8 Å². The summed E-state index contributed by atoms with van der Waals surface area (Å²) in [5, 5.41) is 4.82. The van der Waals surface area contributed by atoms with Crippen LogP contribution in [0.4, 0.5) is 10.1 Å². The molecule has 0 aliphatic carbocycles. The molecule has 0 aliphatic rings. The lowest BCUT2D eigenvalue weighted by atomic mass is 10.1. The normalized spacial score (nSPS) is 11.5. The lowest BCUT2D eigenvalue weighted by Gasteiger charge is -2.17. The molecule has 2 aromatic carbocycles. The molecule has 0 aromatic heterocycles. The zero-order valence-electron chi connectivity index (χ0n) is 13.9. The number of anilines is 1. The summed E-state index contributed by atoms with van der Waals surface area (Å²) >= 11 is 0. The van der Waals surface area contributed by atoms with Gasteiger partial charge in [-0.25, -0.2) is 4.39 Å². The van der Waals surface area contributed by atoms with Crippen LogP contribution in [0.3, 0.4) is 0 Å². The van der Waals surface area contributed by atoms with Crippen LogP contribution in [-0.2, 0) is 14.3 Å². The molecule has 7 heteroatoms. The summed E-state index contributed by atoms with van der Waals surface area (Å²) in [6, 6.07) is 12.5. The molecule has 0 aliphatic heterocycles. The van der Waals surface area contributed by atoms with Gasteiger partial charge in [-0.05, 0) is 35.9 Å². The fourth-order valence-electron chi connectivity index (χ4n) is 2.20. The molecule has 0 fully saturated rings. The Morgan fingerprint density at radius 1 is 1.08 bits per heavy atom. The Labute approximate surface area is 144 Å². The first-order valence-corrected chi connectivity index (χ1v) is 7.55. The van der Waals surface area contributed by atoms with Crippen molar-refractivity contribution in [1.29, 1.82) is 0 Å². The predicted octanol–water partition coefficient (Wildman–Crippen LogP) is 2.28. The summed E-state index contributed by atoms with van der Waals surface area (Å²) in [6.45, 7) is 0.0963. The summed E-state index contributed by atoms with van der Waals surface area (Å²) in [7, 11) is 3.06. The second-order valence-corrected chi connectivity index (χ2v) is 5.18. The van der Waals surface area contributed by atoms with Crippen LogP contribution in [0.15, 0.2) is 48.5 Å². The monoisotopic (exact) mass is 346 g/mol. The number of halogens is 1. The Morgan fingerprint density at radius 3 is 2.52 bits per heavy atom. The minimum Gasteiger partial charge on any atom is -0.497 e. The first-order chi connectivity index (χ1) is 12.0. The van der Waals surface area contributed by atoms with E-state index in [1.165, 1.54) is 25.3 Å². The van der Waals surface area contributed by atoms with Crippen LogP contribution in [-0.4, -0.2) is 32.6 Å². The van der Waals surface area contributed by atoms with Crippen molar-refractivity contribution in [2.45, 2.75) is 6.10 Å². The van der Waals surface area contributed by atoms with E-state index in [1.54, 1.807) is 25.3 Å². The maximum absolute atomic E-state index is 13.1.